The molecule has 1 fully saturated rings. The zero-order valence-electron chi connectivity index (χ0n) is 25.2. The summed E-state index contributed by atoms with van der Waals surface area (Å²) in [7, 11) is -0.429. The molecule has 0 radical (unpaired) electrons. The second-order valence-corrected chi connectivity index (χ2v) is 12.2. The molecule has 212 valence electrons. The van der Waals surface area contributed by atoms with Gasteiger partial charge in [0.15, 0.2) is 11.5 Å². The maximum atomic E-state index is 10.1. The number of nitrogens with zero attached hydrogens (tertiary/aromatic N) is 2. The monoisotopic (exact) mass is 548 g/mol. The Morgan fingerprint density at radius 3 is 2.27 bits per heavy atom. The Balaban J connectivity index is 1.40. The lowest BCUT2D eigenvalue weighted by Gasteiger charge is -2.35. The van der Waals surface area contributed by atoms with Crippen molar-refractivity contribution in [2.75, 3.05) is 11.4 Å². The van der Waals surface area contributed by atoms with Crippen LogP contribution in [0, 0.1) is 17.2 Å². The van der Waals surface area contributed by atoms with E-state index in [4.69, 9.17) is 14.0 Å². The molecular weight excluding hydrogens is 507 g/mol. The van der Waals surface area contributed by atoms with Crippen LogP contribution in [0.5, 0.6) is 11.5 Å². The number of para-hydroxylation sites is 2. The fraction of sp³-hybridized carbons (Fsp3) is 0.400. The molecule has 2 heterocycles. The van der Waals surface area contributed by atoms with E-state index in [1.54, 1.807) is 0 Å². The molecule has 3 aromatic rings. The molecular formula is C35H41BN2O3. The number of benzene rings is 3. The number of ether oxygens (including phenoxy) is 1. The van der Waals surface area contributed by atoms with Gasteiger partial charge in [-0.15, -0.1) is 0 Å². The maximum Gasteiger partial charge on any atom is 0.494 e. The summed E-state index contributed by atoms with van der Waals surface area (Å²) in [6.07, 6.45) is 6.75. The molecule has 0 amide bonds. The second-order valence-electron chi connectivity index (χ2n) is 12.2. The van der Waals surface area contributed by atoms with E-state index >= 15 is 0 Å². The van der Waals surface area contributed by atoms with E-state index in [1.165, 1.54) is 19.3 Å². The third-order valence-electron chi connectivity index (χ3n) is 8.81. The molecule has 5 rings (SSSR count). The molecule has 0 N–H and O–H groups in total. The van der Waals surface area contributed by atoms with Gasteiger partial charge in [-0.1, -0.05) is 75.6 Å². The zero-order chi connectivity index (χ0) is 29.2. The van der Waals surface area contributed by atoms with Gasteiger partial charge in [0.1, 0.15) is 0 Å². The largest absolute Gasteiger partial charge is 0.494 e. The van der Waals surface area contributed by atoms with Gasteiger partial charge in [0.05, 0.1) is 34.2 Å². The Kier molecular flexibility index (Phi) is 8.31. The van der Waals surface area contributed by atoms with Crippen LogP contribution in [-0.4, -0.2) is 24.9 Å². The number of fused-ring (bicyclic) bond motifs is 2. The number of allylic oxidation sites excluding steroid dienone is 1. The van der Waals surface area contributed by atoms with E-state index in [9.17, 15) is 5.26 Å². The molecule has 1 saturated heterocycles. The number of rotatable bonds is 9. The summed E-state index contributed by atoms with van der Waals surface area (Å²) >= 11 is 0. The van der Waals surface area contributed by atoms with Crippen LogP contribution in [0.25, 0.3) is 11.6 Å². The Morgan fingerprint density at radius 2 is 1.61 bits per heavy atom. The SMILES string of the molecule is CCCCC(CC)CN1c2ccccc2Oc2cc(/C=C(\C#N)c3ccc(B4OC(C)(C)C(C)(C)O4)cc3)ccc21. The van der Waals surface area contributed by atoms with E-state index < -0.39 is 18.3 Å². The van der Waals surface area contributed by atoms with Crippen molar-refractivity contribution < 1.29 is 14.0 Å². The number of anilines is 2. The van der Waals surface area contributed by atoms with Crippen molar-refractivity contribution in [1.29, 1.82) is 5.26 Å². The first-order valence-electron chi connectivity index (χ1n) is 14.9. The predicted octanol–water partition coefficient (Wildman–Crippen LogP) is 8.51. The second kappa shape index (κ2) is 11.8. The van der Waals surface area contributed by atoms with Crippen molar-refractivity contribution in [3.8, 4) is 17.6 Å². The van der Waals surface area contributed by atoms with E-state index in [1.807, 2.05) is 76.2 Å². The number of nitriles is 1. The van der Waals surface area contributed by atoms with Crippen LogP contribution in [0.3, 0.4) is 0 Å². The molecule has 2 aliphatic rings. The summed E-state index contributed by atoms with van der Waals surface area (Å²) in [6.45, 7) is 13.7. The summed E-state index contributed by atoms with van der Waals surface area (Å²) in [5, 5.41) is 10.1. The van der Waals surface area contributed by atoms with E-state index in [0.29, 0.717) is 11.5 Å². The third-order valence-corrected chi connectivity index (χ3v) is 8.81. The van der Waals surface area contributed by atoms with Crippen LogP contribution < -0.4 is 15.1 Å². The summed E-state index contributed by atoms with van der Waals surface area (Å²) in [6, 6.07) is 24.8. The summed E-state index contributed by atoms with van der Waals surface area (Å²) in [5.41, 5.74) is 4.68. The van der Waals surface area contributed by atoms with Gasteiger partial charge in [0.2, 0.25) is 0 Å². The average molecular weight is 549 g/mol. The predicted molar refractivity (Wildman–Crippen MR) is 169 cm³/mol. The first kappa shape index (κ1) is 29.0. The highest BCUT2D eigenvalue weighted by Gasteiger charge is 2.51. The van der Waals surface area contributed by atoms with Crippen molar-refractivity contribution in [2.45, 2.75) is 78.4 Å². The Bertz CT molecular complexity index is 1440. The topological polar surface area (TPSA) is 54.7 Å². The van der Waals surface area contributed by atoms with Gasteiger partial charge < -0.3 is 18.9 Å². The standard InChI is InChI=1S/C35H41BN2O3/c1-7-9-12-25(8-2)24-38-30-13-10-11-14-32(30)39-33-22-26(15-20-31(33)38)21-28(23-37)27-16-18-29(19-17-27)36-40-34(3,4)35(5,6)41-36/h10-11,13-22,25H,7-9,12,24H2,1-6H3/b28-21+. The summed E-state index contributed by atoms with van der Waals surface area (Å²) < 4.78 is 18.8. The lowest BCUT2D eigenvalue weighted by molar-refractivity contribution is 0.00578. The number of hydrogen-bond acceptors (Lipinski definition) is 5. The quantitative estimate of drug-likeness (QED) is 0.152. The van der Waals surface area contributed by atoms with Gasteiger partial charge in [-0.3, -0.25) is 0 Å². The van der Waals surface area contributed by atoms with Crippen LogP contribution >= 0.6 is 0 Å². The van der Waals surface area contributed by atoms with Gasteiger partial charge in [-0.25, -0.2) is 0 Å². The number of unbranched alkanes of at least 4 members (excludes halogenated alkanes) is 1. The first-order valence-corrected chi connectivity index (χ1v) is 14.9. The molecule has 1 atom stereocenters. The molecule has 41 heavy (non-hydrogen) atoms. The zero-order valence-corrected chi connectivity index (χ0v) is 25.2. The average Bonchev–Trinajstić information content (AvgIpc) is 3.19. The van der Waals surface area contributed by atoms with Crippen LogP contribution in [0.4, 0.5) is 11.4 Å². The highest BCUT2D eigenvalue weighted by molar-refractivity contribution is 6.62. The minimum absolute atomic E-state index is 0.397. The minimum Gasteiger partial charge on any atom is -0.453 e. The number of hydrogen-bond donors (Lipinski definition) is 0. The highest BCUT2D eigenvalue weighted by Crippen LogP contribution is 2.47. The maximum absolute atomic E-state index is 10.1. The molecule has 0 bridgehead atoms. The lowest BCUT2D eigenvalue weighted by atomic mass is 9.78. The molecule has 0 aromatic heterocycles. The van der Waals surface area contributed by atoms with Crippen LogP contribution in [-0.2, 0) is 9.31 Å². The molecule has 0 spiro atoms. The first-order chi connectivity index (χ1) is 19.7. The summed E-state index contributed by atoms with van der Waals surface area (Å²) in [4.78, 5) is 2.41. The lowest BCUT2D eigenvalue weighted by Crippen LogP contribution is -2.41. The van der Waals surface area contributed by atoms with Crippen molar-refractivity contribution in [3.05, 3.63) is 77.9 Å². The fourth-order valence-electron chi connectivity index (χ4n) is 5.46. The third kappa shape index (κ3) is 5.93. The van der Waals surface area contributed by atoms with Gasteiger partial charge >= 0.3 is 7.12 Å². The van der Waals surface area contributed by atoms with Gasteiger partial charge in [-0.05, 0) is 87.0 Å². The molecule has 0 aliphatic carbocycles. The van der Waals surface area contributed by atoms with Crippen LogP contribution in [0.15, 0.2) is 66.7 Å². The Hall–Kier alpha value is -3.53. The highest BCUT2D eigenvalue weighted by atomic mass is 16.7. The van der Waals surface area contributed by atoms with E-state index in [0.717, 1.165) is 52.4 Å². The normalized spacial score (nSPS) is 17.8. The summed E-state index contributed by atoms with van der Waals surface area (Å²) in [5.74, 6) is 2.29. The molecule has 0 saturated carbocycles. The smallest absolute Gasteiger partial charge is 0.453 e. The Morgan fingerprint density at radius 1 is 0.927 bits per heavy atom. The Labute approximate surface area is 245 Å². The van der Waals surface area contributed by atoms with Crippen molar-refractivity contribution in [2.24, 2.45) is 5.92 Å². The van der Waals surface area contributed by atoms with Gasteiger partial charge in [-0.2, -0.15) is 5.26 Å². The van der Waals surface area contributed by atoms with Crippen LogP contribution in [0.2, 0.25) is 0 Å². The fourth-order valence-corrected chi connectivity index (χ4v) is 5.46. The van der Waals surface area contributed by atoms with Crippen molar-refractivity contribution in [3.63, 3.8) is 0 Å². The van der Waals surface area contributed by atoms with Gasteiger partial charge in [0, 0.05) is 6.54 Å². The van der Waals surface area contributed by atoms with Crippen molar-refractivity contribution in [1.82, 2.24) is 0 Å². The van der Waals surface area contributed by atoms with E-state index in [2.05, 4.69) is 49.1 Å². The molecule has 5 nitrogen and oxygen atoms in total. The van der Waals surface area contributed by atoms with E-state index in [-0.39, 0.29) is 0 Å². The molecule has 2 aliphatic heterocycles. The minimum atomic E-state index is -0.429. The van der Waals surface area contributed by atoms with Crippen LogP contribution in [0.1, 0.15) is 78.4 Å². The molecule has 3 aromatic carbocycles. The van der Waals surface area contributed by atoms with Crippen molar-refractivity contribution >= 4 is 35.6 Å². The molecule has 1 unspecified atom stereocenters. The molecule has 6 heteroatoms. The van der Waals surface area contributed by atoms with Gasteiger partial charge in [0.25, 0.3) is 0 Å².